The summed E-state index contributed by atoms with van der Waals surface area (Å²) in [5, 5.41) is 2.80. The van der Waals surface area contributed by atoms with Gasteiger partial charge in [-0.05, 0) is 54.8 Å². The van der Waals surface area contributed by atoms with E-state index in [-0.39, 0.29) is 5.91 Å². The van der Waals surface area contributed by atoms with Crippen LogP contribution in [-0.4, -0.2) is 10.9 Å². The Balaban J connectivity index is 2.00. The van der Waals surface area contributed by atoms with E-state index in [1.807, 2.05) is 43.3 Å². The Hall–Kier alpha value is -2.42. The van der Waals surface area contributed by atoms with Crippen molar-refractivity contribution in [3.63, 3.8) is 0 Å². The molecule has 19 heavy (non-hydrogen) atoms. The van der Waals surface area contributed by atoms with Crippen molar-refractivity contribution in [3.8, 4) is 0 Å². The Bertz CT molecular complexity index is 559. The van der Waals surface area contributed by atoms with Crippen LogP contribution < -0.4 is 5.32 Å². The number of aromatic nitrogens is 1. The summed E-state index contributed by atoms with van der Waals surface area (Å²) >= 11 is 0. The summed E-state index contributed by atoms with van der Waals surface area (Å²) in [6, 6.07) is 11.9. The predicted molar refractivity (Wildman–Crippen MR) is 76.9 cm³/mol. The lowest BCUT2D eigenvalue weighted by atomic mass is 10.1. The molecule has 0 unspecified atom stereocenters. The van der Waals surface area contributed by atoms with E-state index >= 15 is 0 Å². The van der Waals surface area contributed by atoms with Crippen LogP contribution >= 0.6 is 0 Å². The van der Waals surface area contributed by atoms with Crippen molar-refractivity contribution < 1.29 is 4.79 Å². The molecule has 0 aliphatic heterocycles. The van der Waals surface area contributed by atoms with E-state index in [1.165, 1.54) is 17.2 Å². The van der Waals surface area contributed by atoms with Crippen LogP contribution in [0.1, 0.15) is 18.1 Å². The molecule has 1 heterocycles. The van der Waals surface area contributed by atoms with Gasteiger partial charge in [0.2, 0.25) is 5.91 Å². The van der Waals surface area contributed by atoms with Crippen LogP contribution in [0.2, 0.25) is 0 Å². The van der Waals surface area contributed by atoms with Gasteiger partial charge in [-0.2, -0.15) is 0 Å². The highest BCUT2D eigenvalue weighted by Gasteiger charge is 1.99. The second kappa shape index (κ2) is 6.50. The third kappa shape index (κ3) is 4.07. The zero-order chi connectivity index (χ0) is 13.5. The average molecular weight is 252 g/mol. The van der Waals surface area contributed by atoms with Crippen LogP contribution in [0.4, 0.5) is 5.69 Å². The molecule has 0 saturated carbocycles. The van der Waals surface area contributed by atoms with Gasteiger partial charge in [0.15, 0.2) is 0 Å². The minimum absolute atomic E-state index is 0.107. The van der Waals surface area contributed by atoms with Gasteiger partial charge in [-0.15, -0.1) is 0 Å². The van der Waals surface area contributed by atoms with Crippen LogP contribution in [0.25, 0.3) is 0 Å². The van der Waals surface area contributed by atoms with Gasteiger partial charge in [0.05, 0.1) is 0 Å². The fourth-order valence-electron chi connectivity index (χ4n) is 1.78. The lowest BCUT2D eigenvalue weighted by Crippen LogP contribution is -2.07. The molecule has 96 valence electrons. The molecule has 2 rings (SSSR count). The maximum atomic E-state index is 11.4. The largest absolute Gasteiger partial charge is 0.323 e. The van der Waals surface area contributed by atoms with Crippen molar-refractivity contribution in [1.29, 1.82) is 0 Å². The Labute approximate surface area is 113 Å². The summed E-state index contributed by atoms with van der Waals surface area (Å²) in [6.07, 6.45) is 7.67. The maximum absolute atomic E-state index is 11.4. The van der Waals surface area contributed by atoms with Gasteiger partial charge >= 0.3 is 0 Å². The average Bonchev–Trinajstić information content (AvgIpc) is 2.42. The van der Waals surface area contributed by atoms with Gasteiger partial charge in [0.1, 0.15) is 0 Å². The Morgan fingerprint density at radius 2 is 1.74 bits per heavy atom. The first-order valence-electron chi connectivity index (χ1n) is 6.19. The lowest BCUT2D eigenvalue weighted by Gasteiger charge is -2.05. The quantitative estimate of drug-likeness (QED) is 0.849. The fraction of sp³-hybridized carbons (Fsp3) is 0.125. The number of benzene rings is 1. The standard InChI is InChI=1S/C16H16N2O/c1-2-3-16(19)18-15-6-4-13(5-7-15)12-14-8-10-17-11-9-14/h2-11H,12H2,1H3,(H,18,19)/b3-2+. The number of nitrogens with one attached hydrogen (secondary N) is 1. The first kappa shape index (κ1) is 13.0. The van der Waals surface area contributed by atoms with E-state index in [1.54, 1.807) is 18.5 Å². The zero-order valence-corrected chi connectivity index (χ0v) is 10.8. The summed E-state index contributed by atoms with van der Waals surface area (Å²) in [5.41, 5.74) is 3.23. The minimum atomic E-state index is -0.107. The minimum Gasteiger partial charge on any atom is -0.323 e. The highest BCUT2D eigenvalue weighted by molar-refractivity contribution is 5.99. The molecule has 0 spiro atoms. The third-order valence-electron chi connectivity index (χ3n) is 2.70. The molecule has 3 heteroatoms. The number of carbonyl (C=O) groups is 1. The van der Waals surface area contributed by atoms with Gasteiger partial charge < -0.3 is 5.32 Å². The number of amides is 1. The van der Waals surface area contributed by atoms with Crippen LogP contribution in [0.5, 0.6) is 0 Å². The topological polar surface area (TPSA) is 42.0 Å². The van der Waals surface area contributed by atoms with Crippen LogP contribution in [-0.2, 0) is 11.2 Å². The zero-order valence-electron chi connectivity index (χ0n) is 10.8. The number of hydrogen-bond donors (Lipinski definition) is 1. The molecule has 3 nitrogen and oxygen atoms in total. The molecule has 2 aromatic rings. The van der Waals surface area contributed by atoms with Gasteiger partial charge in [-0.3, -0.25) is 9.78 Å². The number of hydrogen-bond acceptors (Lipinski definition) is 2. The summed E-state index contributed by atoms with van der Waals surface area (Å²) in [5.74, 6) is -0.107. The van der Waals surface area contributed by atoms with E-state index in [9.17, 15) is 4.79 Å². The van der Waals surface area contributed by atoms with Gasteiger partial charge in [-0.25, -0.2) is 0 Å². The second-order valence-corrected chi connectivity index (χ2v) is 4.22. The SMILES string of the molecule is C/C=C/C(=O)Nc1ccc(Cc2ccncc2)cc1. The Morgan fingerprint density at radius 3 is 2.37 bits per heavy atom. The molecule has 0 aliphatic carbocycles. The molecular formula is C16H16N2O. The summed E-state index contributed by atoms with van der Waals surface area (Å²) < 4.78 is 0. The smallest absolute Gasteiger partial charge is 0.248 e. The molecule has 0 aliphatic rings. The van der Waals surface area contributed by atoms with Crippen molar-refractivity contribution >= 4 is 11.6 Å². The molecule has 0 radical (unpaired) electrons. The number of pyridine rings is 1. The lowest BCUT2D eigenvalue weighted by molar-refractivity contribution is -0.111. The molecule has 0 atom stereocenters. The Kier molecular flexibility index (Phi) is 4.45. The summed E-state index contributed by atoms with van der Waals surface area (Å²) in [7, 11) is 0. The monoisotopic (exact) mass is 252 g/mol. The van der Waals surface area contributed by atoms with E-state index in [0.29, 0.717) is 0 Å². The highest BCUT2D eigenvalue weighted by atomic mass is 16.1. The highest BCUT2D eigenvalue weighted by Crippen LogP contribution is 2.13. The molecule has 1 aromatic heterocycles. The van der Waals surface area contributed by atoms with Gasteiger partial charge in [-0.1, -0.05) is 18.2 Å². The molecule has 0 saturated heterocycles. The van der Waals surface area contributed by atoms with Crippen molar-refractivity contribution in [3.05, 3.63) is 72.1 Å². The maximum Gasteiger partial charge on any atom is 0.248 e. The Morgan fingerprint density at radius 1 is 1.11 bits per heavy atom. The molecule has 1 N–H and O–H groups in total. The predicted octanol–water partition coefficient (Wildman–Crippen LogP) is 3.19. The molecule has 0 bridgehead atoms. The van der Waals surface area contributed by atoms with E-state index in [0.717, 1.165) is 12.1 Å². The normalized spacial score (nSPS) is 10.6. The first-order valence-corrected chi connectivity index (χ1v) is 6.19. The van der Waals surface area contributed by atoms with E-state index in [2.05, 4.69) is 10.3 Å². The molecule has 1 amide bonds. The number of nitrogens with zero attached hydrogens (tertiary/aromatic N) is 1. The van der Waals surface area contributed by atoms with Crippen LogP contribution in [0.15, 0.2) is 60.9 Å². The molecule has 0 fully saturated rings. The third-order valence-corrected chi connectivity index (χ3v) is 2.70. The van der Waals surface area contributed by atoms with Gasteiger partial charge in [0, 0.05) is 18.1 Å². The number of carbonyl (C=O) groups excluding carboxylic acids is 1. The molecular weight excluding hydrogens is 236 g/mol. The van der Waals surface area contributed by atoms with E-state index in [4.69, 9.17) is 0 Å². The van der Waals surface area contributed by atoms with Crippen molar-refractivity contribution in [2.45, 2.75) is 13.3 Å². The van der Waals surface area contributed by atoms with Crippen LogP contribution in [0, 0.1) is 0 Å². The first-order chi connectivity index (χ1) is 9.28. The number of rotatable bonds is 4. The second-order valence-electron chi connectivity index (χ2n) is 4.22. The van der Waals surface area contributed by atoms with E-state index < -0.39 is 0 Å². The van der Waals surface area contributed by atoms with Gasteiger partial charge in [0.25, 0.3) is 0 Å². The summed E-state index contributed by atoms with van der Waals surface area (Å²) in [4.78, 5) is 15.4. The molecule has 1 aromatic carbocycles. The van der Waals surface area contributed by atoms with Crippen molar-refractivity contribution in [2.75, 3.05) is 5.32 Å². The van der Waals surface area contributed by atoms with Crippen LogP contribution in [0.3, 0.4) is 0 Å². The number of allylic oxidation sites excluding steroid dienone is 1. The fourth-order valence-corrected chi connectivity index (χ4v) is 1.78. The van der Waals surface area contributed by atoms with Crippen molar-refractivity contribution in [1.82, 2.24) is 4.98 Å². The summed E-state index contributed by atoms with van der Waals surface area (Å²) in [6.45, 7) is 1.82. The number of anilines is 1. The van der Waals surface area contributed by atoms with Crippen molar-refractivity contribution in [2.24, 2.45) is 0 Å².